The van der Waals surface area contributed by atoms with E-state index in [1.54, 1.807) is 30.0 Å². The van der Waals surface area contributed by atoms with Gasteiger partial charge in [0.25, 0.3) is 11.8 Å². The molecule has 4 aromatic rings. The highest BCUT2D eigenvalue weighted by Gasteiger charge is 2.19. The van der Waals surface area contributed by atoms with Crippen molar-refractivity contribution in [2.75, 3.05) is 19.5 Å². The molecule has 0 spiro atoms. The summed E-state index contributed by atoms with van der Waals surface area (Å²) in [4.78, 5) is 34.3. The van der Waals surface area contributed by atoms with Gasteiger partial charge in [-0.15, -0.1) is 0 Å². The number of nitrogens with zero attached hydrogens (tertiary/aromatic N) is 3. The molecule has 10 heteroatoms. The van der Waals surface area contributed by atoms with Crippen molar-refractivity contribution in [3.63, 3.8) is 0 Å². The second-order valence-electron chi connectivity index (χ2n) is 7.85. The number of benzene rings is 2. The first-order valence-corrected chi connectivity index (χ1v) is 10.9. The van der Waals surface area contributed by atoms with Gasteiger partial charge in [-0.3, -0.25) is 14.4 Å². The Morgan fingerprint density at radius 3 is 2.63 bits per heavy atom. The predicted octanol–water partition coefficient (Wildman–Crippen LogP) is 3.32. The number of rotatable bonds is 8. The molecule has 2 aromatic heterocycles. The maximum Gasteiger partial charge on any atom is 0.274 e. The van der Waals surface area contributed by atoms with Crippen molar-refractivity contribution in [1.82, 2.24) is 25.4 Å². The smallest absolute Gasteiger partial charge is 0.274 e. The van der Waals surface area contributed by atoms with E-state index in [1.165, 1.54) is 13.4 Å². The third kappa shape index (κ3) is 4.92. The molecule has 0 saturated heterocycles. The Morgan fingerprint density at radius 1 is 1.06 bits per heavy atom. The highest BCUT2D eigenvalue weighted by atomic mass is 16.6. The third-order valence-corrected chi connectivity index (χ3v) is 5.65. The number of anilines is 2. The van der Waals surface area contributed by atoms with E-state index in [0.717, 1.165) is 16.7 Å². The highest BCUT2D eigenvalue weighted by molar-refractivity contribution is 5.99. The highest BCUT2D eigenvalue weighted by Crippen LogP contribution is 2.27. The number of hydroxylamine groups is 1. The molecular weight excluding hydrogens is 448 g/mol. The number of methoxy groups -OCH3 is 1. The van der Waals surface area contributed by atoms with E-state index in [9.17, 15) is 9.59 Å². The van der Waals surface area contributed by atoms with Crippen molar-refractivity contribution in [2.45, 2.75) is 20.4 Å². The van der Waals surface area contributed by atoms with Gasteiger partial charge < -0.3 is 15.4 Å². The topological polar surface area (TPSA) is 119 Å². The minimum absolute atomic E-state index is 0.237. The van der Waals surface area contributed by atoms with E-state index in [-0.39, 0.29) is 11.8 Å². The van der Waals surface area contributed by atoms with Crippen LogP contribution in [-0.4, -0.2) is 40.6 Å². The monoisotopic (exact) mass is 474 g/mol. The Kier molecular flexibility index (Phi) is 6.93. The lowest BCUT2D eigenvalue weighted by molar-refractivity contribution is 0.0537. The van der Waals surface area contributed by atoms with E-state index in [1.807, 2.05) is 44.2 Å². The van der Waals surface area contributed by atoms with E-state index in [0.29, 0.717) is 40.4 Å². The Hall–Kier alpha value is -4.44. The lowest BCUT2D eigenvalue weighted by atomic mass is 10.1. The number of nitrogens with one attached hydrogen (secondary N) is 3. The summed E-state index contributed by atoms with van der Waals surface area (Å²) in [6.07, 6.45) is 3.08. The number of amides is 2. The number of hydrogen-bond acceptors (Lipinski definition) is 7. The Morgan fingerprint density at radius 2 is 1.86 bits per heavy atom. The molecule has 180 valence electrons. The van der Waals surface area contributed by atoms with Crippen molar-refractivity contribution < 1.29 is 19.2 Å². The second kappa shape index (κ2) is 10.2. The molecule has 0 bridgehead atoms. The van der Waals surface area contributed by atoms with Crippen LogP contribution in [0, 0.1) is 13.8 Å². The van der Waals surface area contributed by atoms with E-state index in [4.69, 9.17) is 9.57 Å². The van der Waals surface area contributed by atoms with Gasteiger partial charge in [-0.2, -0.15) is 5.10 Å². The van der Waals surface area contributed by atoms with E-state index >= 15 is 0 Å². The van der Waals surface area contributed by atoms with Gasteiger partial charge >= 0.3 is 0 Å². The van der Waals surface area contributed by atoms with E-state index in [2.05, 4.69) is 26.2 Å². The van der Waals surface area contributed by atoms with Crippen LogP contribution in [0.5, 0.6) is 5.75 Å². The maximum absolute atomic E-state index is 13.0. The molecule has 4 rings (SSSR count). The van der Waals surface area contributed by atoms with Crippen LogP contribution < -0.4 is 20.9 Å². The Balaban J connectivity index is 1.61. The molecule has 0 fully saturated rings. The van der Waals surface area contributed by atoms with Gasteiger partial charge in [-0.1, -0.05) is 24.3 Å². The molecule has 0 unspecified atom stereocenters. The van der Waals surface area contributed by atoms with Gasteiger partial charge in [-0.05, 0) is 43.2 Å². The number of ether oxygens (including phenoxy) is 1. The third-order valence-electron chi connectivity index (χ3n) is 5.65. The number of fused-ring (bicyclic) bond motifs is 1. The molecule has 2 aromatic carbocycles. The molecule has 0 atom stereocenters. The zero-order valence-electron chi connectivity index (χ0n) is 19.9. The van der Waals surface area contributed by atoms with E-state index < -0.39 is 0 Å². The largest absolute Gasteiger partial charge is 0.496 e. The fourth-order valence-electron chi connectivity index (χ4n) is 3.78. The molecule has 10 nitrogen and oxygen atoms in total. The summed E-state index contributed by atoms with van der Waals surface area (Å²) in [6, 6.07) is 12.8. The minimum atomic E-state index is -0.365. The predicted molar refractivity (Wildman–Crippen MR) is 131 cm³/mol. The molecule has 0 aliphatic rings. The molecule has 0 saturated carbocycles. The molecule has 35 heavy (non-hydrogen) atoms. The summed E-state index contributed by atoms with van der Waals surface area (Å²) in [7, 11) is 2.97. The molecular formula is C25H26N6O4. The average Bonchev–Trinajstić information content (AvgIpc) is 3.21. The summed E-state index contributed by atoms with van der Waals surface area (Å²) in [5, 5.41) is 10.5. The molecule has 0 aliphatic heterocycles. The van der Waals surface area contributed by atoms with Crippen molar-refractivity contribution in [3.05, 3.63) is 82.8 Å². The zero-order valence-corrected chi connectivity index (χ0v) is 19.9. The number of aromatic nitrogens is 3. The van der Waals surface area contributed by atoms with Crippen LogP contribution in [0.4, 0.5) is 11.5 Å². The lowest BCUT2D eigenvalue weighted by Crippen LogP contribution is -2.23. The van der Waals surface area contributed by atoms with Crippen molar-refractivity contribution in [3.8, 4) is 5.75 Å². The maximum atomic E-state index is 13.0. The first kappa shape index (κ1) is 23.7. The van der Waals surface area contributed by atoms with Gasteiger partial charge in [0.15, 0.2) is 5.82 Å². The fraction of sp³-hybridized carbons (Fsp3) is 0.200. The van der Waals surface area contributed by atoms with Crippen LogP contribution in [0.1, 0.15) is 37.4 Å². The van der Waals surface area contributed by atoms with Crippen LogP contribution >= 0.6 is 0 Å². The second-order valence-corrected chi connectivity index (χ2v) is 7.85. The van der Waals surface area contributed by atoms with Gasteiger partial charge in [-0.25, -0.2) is 15.0 Å². The number of aryl methyl sites for hydroxylation is 2. The molecule has 0 aliphatic carbocycles. The summed E-state index contributed by atoms with van der Waals surface area (Å²) in [6.45, 7) is 4.08. The van der Waals surface area contributed by atoms with Crippen LogP contribution in [0.25, 0.3) is 5.52 Å². The Bertz CT molecular complexity index is 1400. The number of carbonyl (C=O) groups is 2. The average molecular weight is 475 g/mol. The lowest BCUT2D eigenvalue weighted by Gasteiger charge is -2.12. The van der Waals surface area contributed by atoms with Crippen LogP contribution in [0.3, 0.4) is 0 Å². The summed E-state index contributed by atoms with van der Waals surface area (Å²) in [5.74, 6) is 0.616. The van der Waals surface area contributed by atoms with Crippen molar-refractivity contribution in [1.29, 1.82) is 0 Å². The standard InChI is InChI=1S/C25H26N6O4/c1-15-9-10-17(24(32)30-35-4)11-20(15)29-23-22-16(2)19(13-31(22)28-14-27-23)25(33)26-12-18-7-5-6-8-21(18)34-3/h5-11,13-14H,12H2,1-4H3,(H,26,33)(H,30,32)(H,27,28,29). The van der Waals surface area contributed by atoms with Gasteiger partial charge in [0.1, 0.15) is 17.6 Å². The summed E-state index contributed by atoms with van der Waals surface area (Å²) in [5.41, 5.74) is 7.06. The molecule has 0 radical (unpaired) electrons. The quantitative estimate of drug-likeness (QED) is 0.335. The van der Waals surface area contributed by atoms with Gasteiger partial charge in [0.2, 0.25) is 0 Å². The van der Waals surface area contributed by atoms with Crippen molar-refractivity contribution in [2.24, 2.45) is 0 Å². The summed E-state index contributed by atoms with van der Waals surface area (Å²) >= 11 is 0. The Labute approximate surface area is 202 Å². The molecule has 3 N–H and O–H groups in total. The molecule has 2 heterocycles. The van der Waals surface area contributed by atoms with Crippen LogP contribution in [0.2, 0.25) is 0 Å². The fourth-order valence-corrected chi connectivity index (χ4v) is 3.78. The SMILES string of the molecule is CONC(=O)c1ccc(C)c(Nc2ncnn3cc(C(=O)NCc4ccccc4OC)c(C)c23)c1. The zero-order chi connectivity index (χ0) is 24.9. The normalized spacial score (nSPS) is 10.7. The van der Waals surface area contributed by atoms with Crippen LogP contribution in [0.15, 0.2) is 55.0 Å². The number of hydrogen-bond donors (Lipinski definition) is 3. The first-order chi connectivity index (χ1) is 16.9. The van der Waals surface area contributed by atoms with Crippen LogP contribution in [-0.2, 0) is 11.4 Å². The van der Waals surface area contributed by atoms with Gasteiger partial charge in [0, 0.05) is 29.6 Å². The van der Waals surface area contributed by atoms with Crippen molar-refractivity contribution >= 4 is 28.8 Å². The minimum Gasteiger partial charge on any atom is -0.496 e. The number of carbonyl (C=O) groups excluding carboxylic acids is 2. The molecule has 2 amide bonds. The summed E-state index contributed by atoms with van der Waals surface area (Å²) < 4.78 is 6.97. The number of para-hydroxylation sites is 1. The van der Waals surface area contributed by atoms with Gasteiger partial charge in [0.05, 0.1) is 19.8 Å². The first-order valence-electron chi connectivity index (χ1n) is 10.9.